The molecule has 1 aliphatic rings. The van der Waals surface area contributed by atoms with E-state index in [0.717, 1.165) is 31.0 Å². The van der Waals surface area contributed by atoms with Crippen LogP contribution in [0.1, 0.15) is 49.7 Å². The molecular weight excluding hydrogens is 274 g/mol. The van der Waals surface area contributed by atoms with Crippen LogP contribution in [-0.2, 0) is 9.84 Å². The fourth-order valence-electron chi connectivity index (χ4n) is 2.92. The zero-order valence-electron chi connectivity index (χ0n) is 12.5. The summed E-state index contributed by atoms with van der Waals surface area (Å²) in [5, 5.41) is 0. The highest BCUT2D eigenvalue weighted by molar-refractivity contribution is 7.90. The minimum atomic E-state index is -2.86. The van der Waals surface area contributed by atoms with E-state index in [4.69, 9.17) is 4.42 Å². The Morgan fingerprint density at radius 1 is 1.30 bits per heavy atom. The van der Waals surface area contributed by atoms with Crippen molar-refractivity contribution >= 4 is 9.84 Å². The zero-order chi connectivity index (χ0) is 14.6. The molecule has 0 saturated carbocycles. The highest BCUT2D eigenvalue weighted by Crippen LogP contribution is 2.31. The van der Waals surface area contributed by atoms with Gasteiger partial charge in [0.1, 0.15) is 21.4 Å². The second-order valence-corrected chi connectivity index (χ2v) is 8.09. The van der Waals surface area contributed by atoms with Crippen molar-refractivity contribution in [1.29, 1.82) is 0 Å². The van der Waals surface area contributed by atoms with Gasteiger partial charge < -0.3 is 4.42 Å². The van der Waals surface area contributed by atoms with Gasteiger partial charge in [-0.1, -0.05) is 12.8 Å². The third-order valence-corrected chi connectivity index (χ3v) is 4.94. The third-order valence-electron chi connectivity index (χ3n) is 3.91. The van der Waals surface area contributed by atoms with Gasteiger partial charge in [0.25, 0.3) is 0 Å². The van der Waals surface area contributed by atoms with Gasteiger partial charge in [0, 0.05) is 6.26 Å². The molecule has 114 valence electrons. The molecule has 0 N–H and O–H groups in total. The summed E-state index contributed by atoms with van der Waals surface area (Å²) in [5.41, 5.74) is 0. The van der Waals surface area contributed by atoms with Crippen molar-refractivity contribution in [2.75, 3.05) is 25.1 Å². The van der Waals surface area contributed by atoms with Crippen molar-refractivity contribution in [3.05, 3.63) is 23.7 Å². The molecule has 0 radical (unpaired) electrons. The highest BCUT2D eigenvalue weighted by Gasteiger charge is 2.24. The lowest BCUT2D eigenvalue weighted by Crippen LogP contribution is -2.30. The molecular formula is C15H25NO3S. The summed E-state index contributed by atoms with van der Waals surface area (Å²) in [4.78, 5) is 2.40. The summed E-state index contributed by atoms with van der Waals surface area (Å²) >= 11 is 0. The molecule has 1 aromatic rings. The van der Waals surface area contributed by atoms with Crippen LogP contribution in [0.4, 0.5) is 0 Å². The van der Waals surface area contributed by atoms with Crippen LogP contribution >= 0.6 is 0 Å². The van der Waals surface area contributed by atoms with Crippen LogP contribution in [0.15, 0.2) is 16.5 Å². The maximum absolute atomic E-state index is 11.3. The molecule has 1 fully saturated rings. The maximum Gasteiger partial charge on any atom is 0.147 e. The molecule has 2 rings (SSSR count). The van der Waals surface area contributed by atoms with Crippen molar-refractivity contribution in [3.63, 3.8) is 0 Å². The van der Waals surface area contributed by atoms with E-state index >= 15 is 0 Å². The van der Waals surface area contributed by atoms with Gasteiger partial charge in [-0.15, -0.1) is 0 Å². The van der Waals surface area contributed by atoms with Gasteiger partial charge in [-0.3, -0.25) is 4.90 Å². The standard InChI is InChI=1S/C15H25NO3S/c1-13-8-9-15(19-13)14-7-4-3-5-10-16(14)11-6-12-20(2,17)18/h8-9,14H,3-7,10-12H2,1-2H3/t14-/m0/s1. The van der Waals surface area contributed by atoms with Gasteiger partial charge in [-0.25, -0.2) is 8.42 Å². The number of furan rings is 1. The minimum absolute atomic E-state index is 0.271. The van der Waals surface area contributed by atoms with E-state index < -0.39 is 9.84 Å². The topological polar surface area (TPSA) is 50.5 Å². The van der Waals surface area contributed by atoms with Crippen molar-refractivity contribution < 1.29 is 12.8 Å². The van der Waals surface area contributed by atoms with Crippen molar-refractivity contribution in [2.45, 2.75) is 45.1 Å². The lowest BCUT2D eigenvalue weighted by Gasteiger charge is -2.28. The Balaban J connectivity index is 2.01. The van der Waals surface area contributed by atoms with Gasteiger partial charge in [0.15, 0.2) is 0 Å². The van der Waals surface area contributed by atoms with E-state index in [-0.39, 0.29) is 5.75 Å². The highest BCUT2D eigenvalue weighted by atomic mass is 32.2. The summed E-state index contributed by atoms with van der Waals surface area (Å²) < 4.78 is 28.3. The Kier molecular flexibility index (Phi) is 5.27. The molecule has 1 aromatic heterocycles. The predicted octanol–water partition coefficient (Wildman–Crippen LogP) is 2.94. The number of rotatable bonds is 5. The van der Waals surface area contributed by atoms with E-state index in [1.165, 1.54) is 25.5 Å². The molecule has 2 heterocycles. The molecule has 0 amide bonds. The van der Waals surface area contributed by atoms with E-state index in [1.807, 2.05) is 13.0 Å². The molecule has 20 heavy (non-hydrogen) atoms. The normalized spacial score (nSPS) is 21.8. The van der Waals surface area contributed by atoms with Gasteiger partial charge in [-0.05, 0) is 51.4 Å². The number of hydrogen-bond acceptors (Lipinski definition) is 4. The number of likely N-dealkylation sites (tertiary alicyclic amines) is 1. The predicted molar refractivity (Wildman–Crippen MR) is 80.6 cm³/mol. The Labute approximate surface area is 122 Å². The molecule has 0 unspecified atom stereocenters. The molecule has 5 heteroatoms. The average molecular weight is 299 g/mol. The Hall–Kier alpha value is -0.810. The number of sulfone groups is 1. The van der Waals surface area contributed by atoms with Crippen LogP contribution in [0.5, 0.6) is 0 Å². The van der Waals surface area contributed by atoms with Crippen molar-refractivity contribution in [3.8, 4) is 0 Å². The summed E-state index contributed by atoms with van der Waals surface area (Å²) in [7, 11) is -2.86. The van der Waals surface area contributed by atoms with Crippen LogP contribution in [0, 0.1) is 6.92 Å². The van der Waals surface area contributed by atoms with Gasteiger partial charge >= 0.3 is 0 Å². The van der Waals surface area contributed by atoms with Crippen LogP contribution in [0.2, 0.25) is 0 Å². The van der Waals surface area contributed by atoms with E-state index in [1.54, 1.807) is 0 Å². The maximum atomic E-state index is 11.3. The second kappa shape index (κ2) is 6.76. The summed E-state index contributed by atoms with van der Waals surface area (Å²) in [5.74, 6) is 2.25. The Morgan fingerprint density at radius 2 is 2.10 bits per heavy atom. The van der Waals surface area contributed by atoms with Gasteiger partial charge in [0.05, 0.1) is 11.8 Å². The average Bonchev–Trinajstić information content (AvgIpc) is 2.64. The zero-order valence-corrected chi connectivity index (χ0v) is 13.3. The molecule has 0 spiro atoms. The Bertz CT molecular complexity index is 521. The second-order valence-electron chi connectivity index (χ2n) is 5.83. The van der Waals surface area contributed by atoms with Crippen LogP contribution in [-0.4, -0.2) is 38.4 Å². The first-order chi connectivity index (χ1) is 9.46. The van der Waals surface area contributed by atoms with E-state index in [2.05, 4.69) is 11.0 Å². The van der Waals surface area contributed by atoms with E-state index in [0.29, 0.717) is 12.5 Å². The largest absolute Gasteiger partial charge is 0.465 e. The molecule has 1 aliphatic heterocycles. The smallest absolute Gasteiger partial charge is 0.147 e. The lowest BCUT2D eigenvalue weighted by molar-refractivity contribution is 0.177. The van der Waals surface area contributed by atoms with Crippen LogP contribution in [0.3, 0.4) is 0 Å². The lowest BCUT2D eigenvalue weighted by atomic mass is 10.1. The Morgan fingerprint density at radius 3 is 2.75 bits per heavy atom. The summed E-state index contributed by atoms with van der Waals surface area (Å²) in [6.45, 7) is 3.83. The quantitative estimate of drug-likeness (QED) is 0.839. The first-order valence-corrected chi connectivity index (χ1v) is 9.50. The monoisotopic (exact) mass is 299 g/mol. The fourth-order valence-corrected chi connectivity index (χ4v) is 3.57. The number of hydrogen-bond donors (Lipinski definition) is 0. The molecule has 4 nitrogen and oxygen atoms in total. The summed E-state index contributed by atoms with van der Waals surface area (Å²) in [6.07, 6.45) is 6.77. The van der Waals surface area contributed by atoms with Crippen molar-refractivity contribution in [1.82, 2.24) is 4.90 Å². The molecule has 1 saturated heterocycles. The first kappa shape index (κ1) is 15.6. The van der Waals surface area contributed by atoms with Gasteiger partial charge in [0.2, 0.25) is 0 Å². The number of aryl methyl sites for hydroxylation is 1. The SMILES string of the molecule is Cc1ccc([C@@H]2CCCCCN2CCCS(C)(=O)=O)o1. The van der Waals surface area contributed by atoms with Crippen molar-refractivity contribution in [2.24, 2.45) is 0 Å². The third kappa shape index (κ3) is 4.63. The molecule has 0 aromatic carbocycles. The van der Waals surface area contributed by atoms with E-state index in [9.17, 15) is 8.42 Å². The molecule has 1 atom stereocenters. The minimum Gasteiger partial charge on any atom is -0.465 e. The molecule has 0 bridgehead atoms. The van der Waals surface area contributed by atoms with Crippen LogP contribution < -0.4 is 0 Å². The van der Waals surface area contributed by atoms with Crippen LogP contribution in [0.25, 0.3) is 0 Å². The van der Waals surface area contributed by atoms with Gasteiger partial charge in [-0.2, -0.15) is 0 Å². The molecule has 0 aliphatic carbocycles. The first-order valence-electron chi connectivity index (χ1n) is 7.44. The number of nitrogens with zero attached hydrogens (tertiary/aromatic N) is 1. The summed E-state index contributed by atoms with van der Waals surface area (Å²) in [6, 6.07) is 4.38. The fraction of sp³-hybridized carbons (Fsp3) is 0.733.